The highest BCUT2D eigenvalue weighted by atomic mass is 16.2. The van der Waals surface area contributed by atoms with E-state index >= 15 is 0 Å². The normalized spacial score (nSPS) is 10.1. The summed E-state index contributed by atoms with van der Waals surface area (Å²) in [6.45, 7) is 3.60. The van der Waals surface area contributed by atoms with Crippen molar-refractivity contribution in [2.75, 3.05) is 0 Å². The Hall–Kier alpha value is -1.58. The van der Waals surface area contributed by atoms with Crippen LogP contribution in [0.15, 0.2) is 28.3 Å². The molecule has 0 spiro atoms. The lowest BCUT2D eigenvalue weighted by Crippen LogP contribution is -2.37. The molecule has 0 fully saturated rings. The van der Waals surface area contributed by atoms with Crippen LogP contribution in [0.1, 0.15) is 12.1 Å². The molecule has 14 heavy (non-hydrogen) atoms. The monoisotopic (exact) mass is 194 g/mol. The first kappa shape index (κ1) is 10.5. The van der Waals surface area contributed by atoms with E-state index in [0.717, 1.165) is 16.7 Å². The number of rotatable bonds is 3. The van der Waals surface area contributed by atoms with Crippen molar-refractivity contribution in [1.29, 1.82) is 0 Å². The first-order chi connectivity index (χ1) is 6.57. The van der Waals surface area contributed by atoms with E-state index in [-0.39, 0.29) is 11.2 Å². The second-order valence-electron chi connectivity index (χ2n) is 3.20. The molecule has 1 heterocycles. The van der Waals surface area contributed by atoms with Crippen LogP contribution in [0.2, 0.25) is 0 Å². The molecule has 0 bridgehead atoms. The molecule has 4 heteroatoms. The fourth-order valence-electron chi connectivity index (χ4n) is 1.27. The highest BCUT2D eigenvalue weighted by molar-refractivity contribution is 5.03. The Morgan fingerprint density at radius 1 is 1.36 bits per heavy atom. The van der Waals surface area contributed by atoms with Crippen LogP contribution in [0, 0.1) is 0 Å². The minimum Gasteiger partial charge on any atom is -0.301 e. The zero-order valence-corrected chi connectivity index (χ0v) is 8.49. The third-order valence-electron chi connectivity index (χ3n) is 2.23. The molecule has 1 rings (SSSR count). The van der Waals surface area contributed by atoms with Crippen molar-refractivity contribution < 1.29 is 0 Å². The van der Waals surface area contributed by atoms with Crippen LogP contribution in [0.25, 0.3) is 0 Å². The Morgan fingerprint density at radius 2 is 2.00 bits per heavy atom. The van der Waals surface area contributed by atoms with Crippen LogP contribution >= 0.6 is 0 Å². The Labute approximate surface area is 82.1 Å². The average Bonchev–Trinajstić information content (AvgIpc) is 2.18. The van der Waals surface area contributed by atoms with Gasteiger partial charge in [-0.1, -0.05) is 6.08 Å². The number of allylic oxidation sites excluding steroid dienone is 1. The van der Waals surface area contributed by atoms with Crippen LogP contribution < -0.4 is 11.2 Å². The molecule has 0 aliphatic rings. The lowest BCUT2D eigenvalue weighted by molar-refractivity contribution is 0.648. The van der Waals surface area contributed by atoms with Crippen molar-refractivity contribution in [3.8, 4) is 0 Å². The zero-order valence-electron chi connectivity index (χ0n) is 8.49. The van der Waals surface area contributed by atoms with Gasteiger partial charge in [0.2, 0.25) is 0 Å². The van der Waals surface area contributed by atoms with E-state index in [1.807, 2.05) is 0 Å². The summed E-state index contributed by atoms with van der Waals surface area (Å²) in [7, 11) is 3.14. The average molecular weight is 194 g/mol. The van der Waals surface area contributed by atoms with Gasteiger partial charge in [-0.15, -0.1) is 6.58 Å². The number of aryl methyl sites for hydroxylation is 1. The predicted octanol–water partition coefficient (Wildman–Crippen LogP) is 0.203. The highest BCUT2D eigenvalue weighted by Crippen LogP contribution is 1.96. The van der Waals surface area contributed by atoms with Crippen LogP contribution in [0.5, 0.6) is 0 Å². The van der Waals surface area contributed by atoms with Gasteiger partial charge in [0.15, 0.2) is 0 Å². The largest absolute Gasteiger partial charge is 0.330 e. The summed E-state index contributed by atoms with van der Waals surface area (Å²) in [5.74, 6) is 0. The summed E-state index contributed by atoms with van der Waals surface area (Å²) in [5.41, 5.74) is 0.210. The first-order valence-corrected chi connectivity index (χ1v) is 4.44. The number of aromatic nitrogens is 2. The van der Waals surface area contributed by atoms with E-state index in [4.69, 9.17) is 0 Å². The molecule has 76 valence electrons. The molecule has 1 aromatic rings. The Morgan fingerprint density at radius 3 is 2.57 bits per heavy atom. The molecule has 0 saturated heterocycles. The third kappa shape index (κ3) is 1.84. The van der Waals surface area contributed by atoms with Gasteiger partial charge < -0.3 is 4.57 Å². The Kier molecular flexibility index (Phi) is 3.06. The third-order valence-corrected chi connectivity index (χ3v) is 2.23. The van der Waals surface area contributed by atoms with Crippen molar-refractivity contribution >= 4 is 0 Å². The van der Waals surface area contributed by atoms with Crippen molar-refractivity contribution in [3.05, 3.63) is 45.3 Å². The van der Waals surface area contributed by atoms with Crippen molar-refractivity contribution in [2.45, 2.75) is 12.8 Å². The van der Waals surface area contributed by atoms with E-state index in [1.54, 1.807) is 13.1 Å². The summed E-state index contributed by atoms with van der Waals surface area (Å²) < 4.78 is 2.59. The molecule has 0 unspecified atom stereocenters. The van der Waals surface area contributed by atoms with Crippen molar-refractivity contribution in [1.82, 2.24) is 9.13 Å². The van der Waals surface area contributed by atoms with Crippen molar-refractivity contribution in [2.24, 2.45) is 14.1 Å². The maximum atomic E-state index is 11.5. The molecule has 0 atom stereocenters. The molecule has 0 saturated carbocycles. The maximum absolute atomic E-state index is 11.5. The van der Waals surface area contributed by atoms with E-state index in [2.05, 4.69) is 6.58 Å². The fraction of sp³-hybridized carbons (Fsp3) is 0.400. The van der Waals surface area contributed by atoms with Gasteiger partial charge in [0, 0.05) is 25.9 Å². The molecule has 0 N–H and O–H groups in total. The molecule has 4 nitrogen and oxygen atoms in total. The summed E-state index contributed by atoms with van der Waals surface area (Å²) in [4.78, 5) is 22.8. The van der Waals surface area contributed by atoms with Gasteiger partial charge in [-0.25, -0.2) is 4.79 Å². The minimum atomic E-state index is -0.281. The summed E-state index contributed by atoms with van der Waals surface area (Å²) >= 11 is 0. The second kappa shape index (κ2) is 4.09. The first-order valence-electron chi connectivity index (χ1n) is 4.44. The molecule has 0 aromatic carbocycles. The maximum Gasteiger partial charge on any atom is 0.330 e. The summed E-state index contributed by atoms with van der Waals surface area (Å²) in [6, 6.07) is 1.49. The van der Waals surface area contributed by atoms with Crippen LogP contribution in [0.3, 0.4) is 0 Å². The molecule has 0 aliphatic carbocycles. The molecule has 0 amide bonds. The Balaban J connectivity index is 3.26. The smallest absolute Gasteiger partial charge is 0.301 e. The number of nitrogens with zero attached hydrogens (tertiary/aromatic N) is 2. The van der Waals surface area contributed by atoms with E-state index in [0.29, 0.717) is 6.42 Å². The second-order valence-corrected chi connectivity index (χ2v) is 3.20. The number of hydrogen-bond donors (Lipinski definition) is 0. The summed E-state index contributed by atoms with van der Waals surface area (Å²) in [5, 5.41) is 0. The lowest BCUT2D eigenvalue weighted by Gasteiger charge is -2.07. The summed E-state index contributed by atoms with van der Waals surface area (Å²) in [6.07, 6.45) is 3.20. The zero-order chi connectivity index (χ0) is 10.7. The molecular formula is C10H14N2O2. The van der Waals surface area contributed by atoms with E-state index in [1.165, 1.54) is 17.7 Å². The topological polar surface area (TPSA) is 44.0 Å². The molecule has 1 aromatic heterocycles. The van der Waals surface area contributed by atoms with Gasteiger partial charge in [0.25, 0.3) is 5.56 Å². The quantitative estimate of drug-likeness (QED) is 0.645. The predicted molar refractivity (Wildman–Crippen MR) is 55.4 cm³/mol. The SMILES string of the molecule is C=CCCc1cc(=O)n(C)c(=O)n1C. The molecule has 0 aliphatic heterocycles. The van der Waals surface area contributed by atoms with Gasteiger partial charge in [-0.2, -0.15) is 0 Å². The van der Waals surface area contributed by atoms with Gasteiger partial charge in [0.1, 0.15) is 0 Å². The van der Waals surface area contributed by atoms with Gasteiger partial charge >= 0.3 is 5.69 Å². The lowest BCUT2D eigenvalue weighted by atomic mass is 10.2. The van der Waals surface area contributed by atoms with E-state index < -0.39 is 0 Å². The molecular weight excluding hydrogens is 180 g/mol. The van der Waals surface area contributed by atoms with Crippen LogP contribution in [0.4, 0.5) is 0 Å². The van der Waals surface area contributed by atoms with Gasteiger partial charge in [-0.05, 0) is 12.8 Å². The minimum absolute atomic E-state index is 0.257. The highest BCUT2D eigenvalue weighted by Gasteiger charge is 2.04. The van der Waals surface area contributed by atoms with Crippen LogP contribution in [-0.4, -0.2) is 9.13 Å². The fourth-order valence-corrected chi connectivity index (χ4v) is 1.27. The number of hydrogen-bond acceptors (Lipinski definition) is 2. The standard InChI is InChI=1S/C10H14N2O2/c1-4-5-6-8-7-9(13)12(3)10(14)11(8)2/h4,7H,1,5-6H2,2-3H3. The van der Waals surface area contributed by atoms with Crippen LogP contribution in [-0.2, 0) is 20.5 Å². The van der Waals surface area contributed by atoms with Crippen molar-refractivity contribution in [3.63, 3.8) is 0 Å². The van der Waals surface area contributed by atoms with E-state index in [9.17, 15) is 9.59 Å². The van der Waals surface area contributed by atoms with Gasteiger partial charge in [0.05, 0.1) is 0 Å². The Bertz CT molecular complexity index is 454. The van der Waals surface area contributed by atoms with Gasteiger partial charge in [-0.3, -0.25) is 9.36 Å². The molecule has 0 radical (unpaired) electrons.